The molecule has 1 aliphatic rings. The zero-order chi connectivity index (χ0) is 16.1. The minimum Gasteiger partial charge on any atom is -0.348 e. The fourth-order valence-corrected chi connectivity index (χ4v) is 2.45. The molecule has 0 radical (unpaired) electrons. The molecule has 0 spiro atoms. The first-order chi connectivity index (χ1) is 11.2. The molecule has 0 aromatic heterocycles. The van der Waals surface area contributed by atoms with Crippen molar-refractivity contribution in [2.75, 3.05) is 13.2 Å². The van der Waals surface area contributed by atoms with Crippen LogP contribution in [-0.2, 0) is 9.47 Å². The van der Waals surface area contributed by atoms with Crippen LogP contribution in [0.15, 0.2) is 48.5 Å². The van der Waals surface area contributed by atoms with Gasteiger partial charge in [0.1, 0.15) is 0 Å². The molecule has 5 heteroatoms. The van der Waals surface area contributed by atoms with Gasteiger partial charge in [0.25, 0.3) is 5.69 Å². The lowest BCUT2D eigenvalue weighted by molar-refractivity contribution is -0.384. The molecular weight excluding hydrogens is 294 g/mol. The Labute approximate surface area is 134 Å². The van der Waals surface area contributed by atoms with E-state index in [-0.39, 0.29) is 5.69 Å². The monoisotopic (exact) mass is 311 g/mol. The molecule has 0 N–H and O–H groups in total. The number of benzene rings is 2. The van der Waals surface area contributed by atoms with E-state index in [1.807, 2.05) is 42.5 Å². The number of nitro benzene ring substituents is 1. The first kappa shape index (κ1) is 15.4. The van der Waals surface area contributed by atoms with Gasteiger partial charge in [-0.05, 0) is 23.6 Å². The third kappa shape index (κ3) is 3.83. The first-order valence-corrected chi connectivity index (χ1v) is 7.49. The first-order valence-electron chi connectivity index (χ1n) is 7.49. The molecule has 23 heavy (non-hydrogen) atoms. The summed E-state index contributed by atoms with van der Waals surface area (Å²) in [5.74, 6) is 0. The molecule has 2 aromatic rings. The molecule has 1 saturated heterocycles. The van der Waals surface area contributed by atoms with Crippen LogP contribution in [0.25, 0.3) is 12.2 Å². The van der Waals surface area contributed by atoms with Gasteiger partial charge in [-0.25, -0.2) is 0 Å². The Morgan fingerprint density at radius 2 is 1.78 bits per heavy atom. The minimum atomic E-state index is -0.472. The zero-order valence-corrected chi connectivity index (χ0v) is 12.6. The lowest BCUT2D eigenvalue weighted by Crippen LogP contribution is -2.18. The maximum atomic E-state index is 11.0. The molecule has 0 unspecified atom stereocenters. The second kappa shape index (κ2) is 7.17. The second-order valence-corrected chi connectivity index (χ2v) is 5.24. The third-order valence-corrected chi connectivity index (χ3v) is 3.62. The fourth-order valence-electron chi connectivity index (χ4n) is 2.45. The van der Waals surface area contributed by atoms with Crippen molar-refractivity contribution >= 4 is 17.8 Å². The van der Waals surface area contributed by atoms with Crippen LogP contribution >= 0.6 is 0 Å². The number of nitro groups is 1. The average Bonchev–Trinajstić information content (AvgIpc) is 2.61. The molecule has 0 aliphatic carbocycles. The Bertz CT molecular complexity index is 706. The topological polar surface area (TPSA) is 61.6 Å². The van der Waals surface area contributed by atoms with E-state index in [1.165, 1.54) is 6.07 Å². The zero-order valence-electron chi connectivity index (χ0n) is 12.6. The lowest BCUT2D eigenvalue weighted by atomic mass is 10.0. The van der Waals surface area contributed by atoms with Crippen LogP contribution in [0.3, 0.4) is 0 Å². The van der Waals surface area contributed by atoms with Crippen molar-refractivity contribution in [3.05, 3.63) is 75.3 Å². The van der Waals surface area contributed by atoms with E-state index in [0.717, 1.165) is 23.1 Å². The smallest absolute Gasteiger partial charge is 0.270 e. The van der Waals surface area contributed by atoms with E-state index in [9.17, 15) is 10.1 Å². The summed E-state index contributed by atoms with van der Waals surface area (Å²) >= 11 is 0. The van der Waals surface area contributed by atoms with Crippen molar-refractivity contribution < 1.29 is 14.4 Å². The molecule has 3 rings (SSSR count). The maximum Gasteiger partial charge on any atom is 0.270 e. The summed E-state index contributed by atoms with van der Waals surface area (Å²) in [5, 5.41) is 11.0. The molecule has 1 heterocycles. The van der Waals surface area contributed by atoms with Crippen molar-refractivity contribution in [1.82, 2.24) is 0 Å². The predicted octanol–water partition coefficient (Wildman–Crippen LogP) is 4.20. The van der Waals surface area contributed by atoms with Crippen LogP contribution < -0.4 is 0 Å². The summed E-state index contributed by atoms with van der Waals surface area (Å²) in [6.07, 6.45) is 4.17. The quantitative estimate of drug-likeness (QED) is 0.482. The van der Waals surface area contributed by atoms with Gasteiger partial charge in [-0.15, -0.1) is 0 Å². The van der Waals surface area contributed by atoms with E-state index in [4.69, 9.17) is 9.47 Å². The summed E-state index contributed by atoms with van der Waals surface area (Å²) in [7, 11) is 0. The lowest BCUT2D eigenvalue weighted by Gasteiger charge is -2.24. The van der Waals surface area contributed by atoms with E-state index in [2.05, 4.69) is 0 Å². The highest BCUT2D eigenvalue weighted by atomic mass is 16.7. The molecule has 0 bridgehead atoms. The van der Waals surface area contributed by atoms with Gasteiger partial charge in [0.05, 0.1) is 18.1 Å². The van der Waals surface area contributed by atoms with Crippen LogP contribution in [-0.4, -0.2) is 18.1 Å². The summed E-state index contributed by atoms with van der Waals surface area (Å²) in [6.45, 7) is 1.26. The van der Waals surface area contributed by atoms with E-state index >= 15 is 0 Å². The highest BCUT2D eigenvalue weighted by Gasteiger charge is 2.21. The Morgan fingerprint density at radius 3 is 2.48 bits per heavy atom. The SMILES string of the molecule is O=[N+]([O-])c1ccc(C2OCCCO2)c(/C=C/c2ccccc2)c1. The molecule has 0 saturated carbocycles. The van der Waals surface area contributed by atoms with Crippen molar-refractivity contribution in [1.29, 1.82) is 0 Å². The Hall–Kier alpha value is -2.50. The number of hydrogen-bond acceptors (Lipinski definition) is 4. The predicted molar refractivity (Wildman–Crippen MR) is 87.7 cm³/mol. The van der Waals surface area contributed by atoms with Crippen LogP contribution in [0.5, 0.6) is 0 Å². The maximum absolute atomic E-state index is 11.0. The normalized spacial score (nSPS) is 15.8. The van der Waals surface area contributed by atoms with Gasteiger partial charge in [0.15, 0.2) is 6.29 Å². The van der Waals surface area contributed by atoms with Gasteiger partial charge in [0.2, 0.25) is 0 Å². The second-order valence-electron chi connectivity index (χ2n) is 5.24. The third-order valence-electron chi connectivity index (χ3n) is 3.62. The summed E-state index contributed by atoms with van der Waals surface area (Å²) < 4.78 is 11.3. The molecule has 2 aromatic carbocycles. The number of nitrogens with zero attached hydrogens (tertiary/aromatic N) is 1. The van der Waals surface area contributed by atoms with Gasteiger partial charge >= 0.3 is 0 Å². The van der Waals surface area contributed by atoms with E-state index in [1.54, 1.807) is 12.1 Å². The van der Waals surface area contributed by atoms with Crippen LogP contribution in [0.4, 0.5) is 5.69 Å². The molecule has 1 aliphatic heterocycles. The minimum absolute atomic E-state index is 0.0530. The van der Waals surface area contributed by atoms with Crippen molar-refractivity contribution in [2.45, 2.75) is 12.7 Å². The molecule has 0 amide bonds. The summed E-state index contributed by atoms with van der Waals surface area (Å²) in [6, 6.07) is 14.5. The highest BCUT2D eigenvalue weighted by molar-refractivity contribution is 5.72. The molecule has 118 valence electrons. The molecule has 5 nitrogen and oxygen atoms in total. The fraction of sp³-hybridized carbons (Fsp3) is 0.222. The Morgan fingerprint density at radius 1 is 1.04 bits per heavy atom. The van der Waals surface area contributed by atoms with Crippen molar-refractivity contribution in [3.63, 3.8) is 0 Å². The largest absolute Gasteiger partial charge is 0.348 e. The average molecular weight is 311 g/mol. The molecule has 1 fully saturated rings. The van der Waals surface area contributed by atoms with Crippen molar-refractivity contribution in [2.24, 2.45) is 0 Å². The van der Waals surface area contributed by atoms with Gasteiger partial charge < -0.3 is 9.47 Å². The van der Waals surface area contributed by atoms with Crippen LogP contribution in [0.2, 0.25) is 0 Å². The molecule has 0 atom stereocenters. The number of rotatable bonds is 4. The van der Waals surface area contributed by atoms with E-state index < -0.39 is 11.2 Å². The number of non-ortho nitro benzene ring substituents is 1. The summed E-state index contributed by atoms with van der Waals surface area (Å²) in [4.78, 5) is 10.6. The standard InChI is InChI=1S/C18H17NO4/c20-19(21)16-9-10-17(18-22-11-4-12-23-18)15(13-16)8-7-14-5-2-1-3-6-14/h1-3,5-10,13,18H,4,11-12H2/b8-7+. The Balaban J connectivity index is 1.95. The van der Waals surface area contributed by atoms with E-state index in [0.29, 0.717) is 13.2 Å². The molecular formula is C18H17NO4. The number of ether oxygens (including phenoxy) is 2. The van der Waals surface area contributed by atoms with Gasteiger partial charge in [-0.1, -0.05) is 42.5 Å². The van der Waals surface area contributed by atoms with Gasteiger partial charge in [0, 0.05) is 17.7 Å². The Kier molecular flexibility index (Phi) is 4.80. The van der Waals surface area contributed by atoms with Crippen molar-refractivity contribution in [3.8, 4) is 0 Å². The van der Waals surface area contributed by atoms with Crippen LogP contribution in [0.1, 0.15) is 29.4 Å². The van der Waals surface area contributed by atoms with Gasteiger partial charge in [-0.2, -0.15) is 0 Å². The highest BCUT2D eigenvalue weighted by Crippen LogP contribution is 2.30. The summed E-state index contributed by atoms with van der Waals surface area (Å²) in [5.41, 5.74) is 2.62. The van der Waals surface area contributed by atoms with Gasteiger partial charge in [-0.3, -0.25) is 10.1 Å². The number of hydrogen-bond donors (Lipinski definition) is 0. The van der Waals surface area contributed by atoms with Crippen LogP contribution in [0, 0.1) is 10.1 Å².